The number of benzene rings is 2. The molecule has 0 radical (unpaired) electrons. The van der Waals surface area contributed by atoms with Crippen molar-refractivity contribution >= 4 is 33.4 Å². The number of halogens is 1. The number of carbonyl (C=O) groups excluding carboxylic acids is 2. The average Bonchev–Trinajstić information content (AvgIpc) is 2.98. The Bertz CT molecular complexity index is 775. The molecule has 4 nitrogen and oxygen atoms in total. The second-order valence-corrected chi connectivity index (χ2v) is 6.73. The number of nitrogens with one attached hydrogen (secondary N) is 1. The molecule has 1 N–H and O–H groups in total. The molecule has 0 aromatic heterocycles. The lowest BCUT2D eigenvalue weighted by molar-refractivity contribution is -0.126. The predicted octanol–water partition coefficient (Wildman–Crippen LogP) is 3.43. The third-order valence-corrected chi connectivity index (χ3v) is 4.70. The van der Waals surface area contributed by atoms with E-state index in [1.165, 1.54) is 0 Å². The highest BCUT2D eigenvalue weighted by Gasteiger charge is 2.37. The molecular formula is C19H19BrN2O2. The standard InChI is InChI=1S/C19H19BrN2O2/c1-2-18(23)22-16-9-4-3-7-14(16)11-17(22)19(24)21-12-13-6-5-8-15(20)10-13/h3-10,17H,2,11-12H2,1H3,(H,21,24)/t17-/m1/s1. The fourth-order valence-corrected chi connectivity index (χ4v) is 3.47. The molecular weight excluding hydrogens is 368 g/mol. The Hall–Kier alpha value is -2.14. The highest BCUT2D eigenvalue weighted by atomic mass is 79.9. The Morgan fingerprint density at radius 1 is 1.21 bits per heavy atom. The molecule has 1 aliphatic rings. The molecule has 3 rings (SSSR count). The van der Waals surface area contributed by atoms with Crippen molar-refractivity contribution in [1.82, 2.24) is 5.32 Å². The van der Waals surface area contributed by atoms with Crippen LogP contribution in [0.15, 0.2) is 53.0 Å². The molecule has 2 amide bonds. The van der Waals surface area contributed by atoms with Gasteiger partial charge in [0.1, 0.15) is 6.04 Å². The number of anilines is 1. The van der Waals surface area contributed by atoms with E-state index in [2.05, 4.69) is 21.2 Å². The number of hydrogen-bond acceptors (Lipinski definition) is 2. The Labute approximate surface area is 150 Å². The van der Waals surface area contributed by atoms with E-state index in [4.69, 9.17) is 0 Å². The largest absolute Gasteiger partial charge is 0.350 e. The lowest BCUT2D eigenvalue weighted by Crippen LogP contribution is -2.47. The predicted molar refractivity (Wildman–Crippen MR) is 97.7 cm³/mol. The monoisotopic (exact) mass is 386 g/mol. The summed E-state index contributed by atoms with van der Waals surface area (Å²) in [6.45, 7) is 2.26. The quantitative estimate of drug-likeness (QED) is 0.874. The Morgan fingerprint density at radius 3 is 2.75 bits per heavy atom. The van der Waals surface area contributed by atoms with Gasteiger partial charge in [0.25, 0.3) is 0 Å². The van der Waals surface area contributed by atoms with Crippen molar-refractivity contribution in [3.05, 3.63) is 64.1 Å². The van der Waals surface area contributed by atoms with Gasteiger partial charge in [-0.25, -0.2) is 0 Å². The SMILES string of the molecule is CCC(=O)N1c2ccccc2C[C@@H]1C(=O)NCc1cccc(Br)c1. The lowest BCUT2D eigenvalue weighted by atomic mass is 10.1. The van der Waals surface area contributed by atoms with E-state index < -0.39 is 6.04 Å². The van der Waals surface area contributed by atoms with Crippen LogP contribution >= 0.6 is 15.9 Å². The fraction of sp³-hybridized carbons (Fsp3) is 0.263. The van der Waals surface area contributed by atoms with Crippen LogP contribution in [0.1, 0.15) is 24.5 Å². The summed E-state index contributed by atoms with van der Waals surface area (Å²) in [5.41, 5.74) is 2.91. The van der Waals surface area contributed by atoms with Crippen LogP contribution in [0.5, 0.6) is 0 Å². The molecule has 124 valence electrons. The van der Waals surface area contributed by atoms with Crippen LogP contribution in [-0.4, -0.2) is 17.9 Å². The molecule has 1 aliphatic heterocycles. The summed E-state index contributed by atoms with van der Waals surface area (Å²) in [6.07, 6.45) is 0.940. The van der Waals surface area contributed by atoms with Crippen LogP contribution in [0.3, 0.4) is 0 Å². The first-order chi connectivity index (χ1) is 11.6. The number of hydrogen-bond donors (Lipinski definition) is 1. The van der Waals surface area contributed by atoms with Crippen LogP contribution in [0, 0.1) is 0 Å². The second-order valence-electron chi connectivity index (χ2n) is 5.81. The molecule has 0 saturated heterocycles. The zero-order valence-electron chi connectivity index (χ0n) is 13.5. The maximum atomic E-state index is 12.7. The van der Waals surface area contributed by atoms with Crippen molar-refractivity contribution in [2.75, 3.05) is 4.90 Å². The number of nitrogens with zero attached hydrogens (tertiary/aromatic N) is 1. The Morgan fingerprint density at radius 2 is 2.00 bits per heavy atom. The molecule has 0 spiro atoms. The van der Waals surface area contributed by atoms with Crippen molar-refractivity contribution in [3.63, 3.8) is 0 Å². The van der Waals surface area contributed by atoms with Gasteiger partial charge in [-0.15, -0.1) is 0 Å². The molecule has 0 unspecified atom stereocenters. The van der Waals surface area contributed by atoms with E-state index in [0.717, 1.165) is 21.3 Å². The van der Waals surface area contributed by atoms with Gasteiger partial charge in [0, 0.05) is 29.5 Å². The van der Waals surface area contributed by atoms with Gasteiger partial charge in [-0.2, -0.15) is 0 Å². The average molecular weight is 387 g/mol. The fourth-order valence-electron chi connectivity index (χ4n) is 3.03. The zero-order valence-corrected chi connectivity index (χ0v) is 15.0. The molecule has 0 fully saturated rings. The van der Waals surface area contributed by atoms with Crippen molar-refractivity contribution in [2.45, 2.75) is 32.4 Å². The van der Waals surface area contributed by atoms with Gasteiger partial charge >= 0.3 is 0 Å². The van der Waals surface area contributed by atoms with E-state index in [9.17, 15) is 9.59 Å². The molecule has 2 aromatic rings. The molecule has 0 bridgehead atoms. The second kappa shape index (κ2) is 7.18. The summed E-state index contributed by atoms with van der Waals surface area (Å²) in [5, 5.41) is 2.96. The molecule has 1 heterocycles. The first kappa shape index (κ1) is 16.7. The van der Waals surface area contributed by atoms with Crippen molar-refractivity contribution < 1.29 is 9.59 Å². The topological polar surface area (TPSA) is 49.4 Å². The van der Waals surface area contributed by atoms with Crippen LogP contribution in [0.4, 0.5) is 5.69 Å². The van der Waals surface area contributed by atoms with Gasteiger partial charge in [0.15, 0.2) is 0 Å². The van der Waals surface area contributed by atoms with Crippen molar-refractivity contribution in [3.8, 4) is 0 Å². The Kier molecular flexibility index (Phi) is 5.00. The molecule has 1 atom stereocenters. The minimum Gasteiger partial charge on any atom is -0.350 e. The number of fused-ring (bicyclic) bond motifs is 1. The zero-order chi connectivity index (χ0) is 17.1. The summed E-state index contributed by atoms with van der Waals surface area (Å²) in [4.78, 5) is 26.7. The third kappa shape index (κ3) is 3.36. The number of para-hydroxylation sites is 1. The van der Waals surface area contributed by atoms with E-state index >= 15 is 0 Å². The van der Waals surface area contributed by atoms with Crippen LogP contribution in [0.25, 0.3) is 0 Å². The number of carbonyl (C=O) groups is 2. The maximum Gasteiger partial charge on any atom is 0.243 e. The minimum atomic E-state index is -0.470. The van der Waals surface area contributed by atoms with E-state index in [-0.39, 0.29) is 11.8 Å². The maximum absolute atomic E-state index is 12.7. The summed E-state index contributed by atoms with van der Waals surface area (Å²) in [7, 11) is 0. The molecule has 0 saturated carbocycles. The van der Waals surface area contributed by atoms with Crippen LogP contribution in [0.2, 0.25) is 0 Å². The number of amides is 2. The van der Waals surface area contributed by atoms with Crippen LogP contribution < -0.4 is 10.2 Å². The first-order valence-corrected chi connectivity index (χ1v) is 8.81. The molecule has 24 heavy (non-hydrogen) atoms. The van der Waals surface area contributed by atoms with Gasteiger partial charge in [-0.1, -0.05) is 53.2 Å². The molecule has 0 aliphatic carbocycles. The smallest absolute Gasteiger partial charge is 0.243 e. The highest BCUT2D eigenvalue weighted by Crippen LogP contribution is 2.32. The Balaban J connectivity index is 1.75. The van der Waals surface area contributed by atoms with Crippen molar-refractivity contribution in [2.24, 2.45) is 0 Å². The summed E-state index contributed by atoms with van der Waals surface area (Å²) >= 11 is 3.43. The minimum absolute atomic E-state index is 0.0254. The van der Waals surface area contributed by atoms with Gasteiger partial charge in [-0.05, 0) is 29.3 Å². The first-order valence-electron chi connectivity index (χ1n) is 8.02. The summed E-state index contributed by atoms with van der Waals surface area (Å²) in [6, 6.07) is 15.1. The normalized spacial score (nSPS) is 15.9. The van der Waals surface area contributed by atoms with Crippen LogP contribution in [-0.2, 0) is 22.6 Å². The van der Waals surface area contributed by atoms with Gasteiger partial charge < -0.3 is 5.32 Å². The van der Waals surface area contributed by atoms with Gasteiger partial charge in [-0.3, -0.25) is 14.5 Å². The third-order valence-electron chi connectivity index (χ3n) is 4.21. The summed E-state index contributed by atoms with van der Waals surface area (Å²) in [5.74, 6) is -0.143. The van der Waals surface area contributed by atoms with Gasteiger partial charge in [0.05, 0.1) is 0 Å². The van der Waals surface area contributed by atoms with Crippen molar-refractivity contribution in [1.29, 1.82) is 0 Å². The van der Waals surface area contributed by atoms with E-state index in [0.29, 0.717) is 19.4 Å². The number of rotatable bonds is 4. The van der Waals surface area contributed by atoms with E-state index in [1.807, 2.05) is 55.5 Å². The highest BCUT2D eigenvalue weighted by molar-refractivity contribution is 9.10. The van der Waals surface area contributed by atoms with Gasteiger partial charge in [0.2, 0.25) is 11.8 Å². The van der Waals surface area contributed by atoms with E-state index in [1.54, 1.807) is 4.90 Å². The molecule has 2 aromatic carbocycles. The molecule has 5 heteroatoms. The lowest BCUT2D eigenvalue weighted by Gasteiger charge is -2.24. The summed E-state index contributed by atoms with van der Waals surface area (Å²) < 4.78 is 0.977.